The molecule has 0 saturated heterocycles. The lowest BCUT2D eigenvalue weighted by molar-refractivity contribution is -0.274. The second kappa shape index (κ2) is 7.75. The molecule has 2 aromatic heterocycles. The average molecular weight is 426 g/mol. The predicted molar refractivity (Wildman–Crippen MR) is 110 cm³/mol. The van der Waals surface area contributed by atoms with E-state index in [0.717, 1.165) is 11.1 Å². The van der Waals surface area contributed by atoms with Gasteiger partial charge in [0, 0.05) is 29.9 Å². The van der Waals surface area contributed by atoms with Crippen LogP contribution in [0.2, 0.25) is 0 Å². The largest absolute Gasteiger partial charge is 0.573 e. The lowest BCUT2D eigenvalue weighted by Crippen LogP contribution is -2.17. The Bertz CT molecular complexity index is 1280. The Kier molecular flexibility index (Phi) is 5.10. The maximum atomic E-state index is 12.4. The number of alkyl halides is 3. The van der Waals surface area contributed by atoms with Crippen molar-refractivity contribution in [3.8, 4) is 17.0 Å². The highest BCUT2D eigenvalue weighted by Crippen LogP contribution is 2.29. The molecular weight excluding hydrogens is 409 g/mol. The van der Waals surface area contributed by atoms with E-state index in [1.807, 2.05) is 19.1 Å². The standard InChI is InChI=1S/C22H17F3N4O2/c1-13-11-14(3-6-17(13)28-21(30)20-9-10-26-29(20)2)18-7-4-15-12-16(31-22(23,24)25)5-8-19(15)27-18/h3-12H,1-2H3,(H,28,30). The van der Waals surface area contributed by atoms with Crippen molar-refractivity contribution in [3.05, 3.63) is 72.1 Å². The van der Waals surface area contributed by atoms with E-state index in [9.17, 15) is 18.0 Å². The number of hydrogen-bond acceptors (Lipinski definition) is 4. The summed E-state index contributed by atoms with van der Waals surface area (Å²) in [7, 11) is 1.69. The van der Waals surface area contributed by atoms with E-state index in [1.165, 1.54) is 22.9 Å². The molecule has 4 aromatic rings. The van der Waals surface area contributed by atoms with E-state index >= 15 is 0 Å². The summed E-state index contributed by atoms with van der Waals surface area (Å²) >= 11 is 0. The van der Waals surface area contributed by atoms with Gasteiger partial charge in [-0.05, 0) is 55.0 Å². The first-order valence-corrected chi connectivity index (χ1v) is 9.26. The Morgan fingerprint density at radius 1 is 1.06 bits per heavy atom. The number of halogens is 3. The van der Waals surface area contributed by atoms with Gasteiger partial charge in [0.15, 0.2) is 0 Å². The number of hydrogen-bond donors (Lipinski definition) is 1. The highest BCUT2D eigenvalue weighted by molar-refractivity contribution is 6.03. The Hall–Kier alpha value is -3.88. The fourth-order valence-electron chi connectivity index (χ4n) is 3.21. The van der Waals surface area contributed by atoms with Crippen LogP contribution in [0, 0.1) is 6.92 Å². The van der Waals surface area contributed by atoms with E-state index in [2.05, 4.69) is 20.1 Å². The molecule has 158 valence electrons. The van der Waals surface area contributed by atoms with Crippen LogP contribution in [-0.4, -0.2) is 27.0 Å². The van der Waals surface area contributed by atoms with E-state index < -0.39 is 6.36 Å². The molecule has 0 aliphatic carbocycles. The fraction of sp³-hybridized carbons (Fsp3) is 0.136. The molecule has 0 aliphatic heterocycles. The topological polar surface area (TPSA) is 69.0 Å². The predicted octanol–water partition coefficient (Wildman–Crippen LogP) is 5.09. The zero-order valence-electron chi connectivity index (χ0n) is 16.6. The van der Waals surface area contributed by atoms with E-state index in [0.29, 0.717) is 28.0 Å². The molecule has 0 aliphatic rings. The highest BCUT2D eigenvalue weighted by atomic mass is 19.4. The lowest BCUT2D eigenvalue weighted by atomic mass is 10.1. The van der Waals surface area contributed by atoms with Gasteiger partial charge < -0.3 is 10.1 Å². The number of amides is 1. The SMILES string of the molecule is Cc1cc(-c2ccc3cc(OC(F)(F)F)ccc3n2)ccc1NC(=O)c1ccnn1C. The number of nitrogens with zero attached hydrogens (tertiary/aromatic N) is 3. The summed E-state index contributed by atoms with van der Waals surface area (Å²) < 4.78 is 42.7. The van der Waals surface area contributed by atoms with Crippen molar-refractivity contribution in [2.45, 2.75) is 13.3 Å². The number of rotatable bonds is 4. The first kappa shape index (κ1) is 20.4. The quantitative estimate of drug-likeness (QED) is 0.493. The van der Waals surface area contributed by atoms with Gasteiger partial charge >= 0.3 is 6.36 Å². The summed E-state index contributed by atoms with van der Waals surface area (Å²) in [6, 6.07) is 14.5. The van der Waals surface area contributed by atoms with Crippen molar-refractivity contribution in [2.75, 3.05) is 5.32 Å². The number of nitrogens with one attached hydrogen (secondary N) is 1. The number of aryl methyl sites for hydroxylation is 2. The number of carbonyl (C=O) groups excluding carboxylic acids is 1. The van der Waals surface area contributed by atoms with Gasteiger partial charge in [0.1, 0.15) is 11.4 Å². The number of pyridine rings is 1. The third kappa shape index (κ3) is 4.50. The molecule has 31 heavy (non-hydrogen) atoms. The van der Waals surface area contributed by atoms with Gasteiger partial charge in [-0.1, -0.05) is 12.1 Å². The zero-order chi connectivity index (χ0) is 22.2. The van der Waals surface area contributed by atoms with Crippen LogP contribution in [0.4, 0.5) is 18.9 Å². The van der Waals surface area contributed by atoms with Crippen molar-refractivity contribution in [1.82, 2.24) is 14.8 Å². The number of benzene rings is 2. The van der Waals surface area contributed by atoms with Crippen LogP contribution in [0.15, 0.2) is 60.8 Å². The van der Waals surface area contributed by atoms with Gasteiger partial charge in [0.25, 0.3) is 5.91 Å². The molecule has 0 bridgehead atoms. The monoisotopic (exact) mass is 426 g/mol. The summed E-state index contributed by atoms with van der Waals surface area (Å²) in [5.41, 5.74) is 3.94. The van der Waals surface area contributed by atoms with Crippen molar-refractivity contribution in [2.24, 2.45) is 7.05 Å². The van der Waals surface area contributed by atoms with Crippen molar-refractivity contribution >= 4 is 22.5 Å². The number of anilines is 1. The van der Waals surface area contributed by atoms with Crippen LogP contribution in [-0.2, 0) is 7.05 Å². The van der Waals surface area contributed by atoms with E-state index in [1.54, 1.807) is 37.5 Å². The molecule has 4 rings (SSSR count). The molecule has 1 amide bonds. The molecule has 9 heteroatoms. The van der Waals surface area contributed by atoms with Gasteiger partial charge in [0.2, 0.25) is 0 Å². The van der Waals surface area contributed by atoms with Gasteiger partial charge in [-0.3, -0.25) is 9.48 Å². The van der Waals surface area contributed by atoms with E-state index in [-0.39, 0.29) is 11.7 Å². The summed E-state index contributed by atoms with van der Waals surface area (Å²) in [5, 5.41) is 7.38. The summed E-state index contributed by atoms with van der Waals surface area (Å²) in [6.45, 7) is 1.87. The van der Waals surface area contributed by atoms with Crippen LogP contribution in [0.3, 0.4) is 0 Å². The molecule has 0 fully saturated rings. The van der Waals surface area contributed by atoms with E-state index in [4.69, 9.17) is 0 Å². The summed E-state index contributed by atoms with van der Waals surface area (Å²) in [5.74, 6) is -0.560. The molecule has 0 atom stereocenters. The van der Waals surface area contributed by atoms with Crippen LogP contribution >= 0.6 is 0 Å². The Morgan fingerprint density at radius 2 is 1.87 bits per heavy atom. The first-order valence-electron chi connectivity index (χ1n) is 9.26. The number of carbonyl (C=O) groups is 1. The molecule has 0 unspecified atom stereocenters. The third-order valence-electron chi connectivity index (χ3n) is 4.72. The average Bonchev–Trinajstić information content (AvgIpc) is 3.14. The van der Waals surface area contributed by atoms with Crippen LogP contribution in [0.5, 0.6) is 5.75 Å². The molecule has 1 N–H and O–H groups in total. The maximum absolute atomic E-state index is 12.4. The molecule has 0 radical (unpaired) electrons. The van der Waals surface area contributed by atoms with Crippen LogP contribution in [0.25, 0.3) is 22.2 Å². The lowest BCUT2D eigenvalue weighted by Gasteiger charge is -2.11. The second-order valence-corrected chi connectivity index (χ2v) is 6.92. The molecule has 0 spiro atoms. The van der Waals surface area contributed by atoms with Crippen LogP contribution < -0.4 is 10.1 Å². The Labute approximate surface area is 175 Å². The Morgan fingerprint density at radius 3 is 2.55 bits per heavy atom. The fourth-order valence-corrected chi connectivity index (χ4v) is 3.21. The van der Waals surface area contributed by atoms with Gasteiger partial charge in [0.05, 0.1) is 11.2 Å². The highest BCUT2D eigenvalue weighted by Gasteiger charge is 2.31. The minimum atomic E-state index is -4.74. The Balaban J connectivity index is 1.58. The van der Waals surface area contributed by atoms with Crippen molar-refractivity contribution < 1.29 is 22.7 Å². The van der Waals surface area contributed by atoms with Gasteiger partial charge in [-0.15, -0.1) is 13.2 Å². The smallest absolute Gasteiger partial charge is 0.406 e. The van der Waals surface area contributed by atoms with Gasteiger partial charge in [-0.25, -0.2) is 4.98 Å². The van der Waals surface area contributed by atoms with Crippen molar-refractivity contribution in [1.29, 1.82) is 0 Å². The van der Waals surface area contributed by atoms with Crippen LogP contribution in [0.1, 0.15) is 16.1 Å². The number of ether oxygens (including phenoxy) is 1. The number of fused-ring (bicyclic) bond motifs is 1. The number of aromatic nitrogens is 3. The zero-order valence-corrected chi connectivity index (χ0v) is 16.6. The molecule has 0 saturated carbocycles. The molecule has 2 heterocycles. The van der Waals surface area contributed by atoms with Crippen molar-refractivity contribution in [3.63, 3.8) is 0 Å². The summed E-state index contributed by atoms with van der Waals surface area (Å²) in [6.07, 6.45) is -3.19. The molecular formula is C22H17F3N4O2. The maximum Gasteiger partial charge on any atom is 0.573 e. The molecule has 2 aromatic carbocycles. The second-order valence-electron chi connectivity index (χ2n) is 6.92. The minimum Gasteiger partial charge on any atom is -0.406 e. The first-order chi connectivity index (χ1) is 14.7. The minimum absolute atomic E-state index is 0.267. The molecule has 6 nitrogen and oxygen atoms in total. The third-order valence-corrected chi connectivity index (χ3v) is 4.72. The summed E-state index contributed by atoms with van der Waals surface area (Å²) in [4.78, 5) is 16.9. The van der Waals surface area contributed by atoms with Gasteiger partial charge in [-0.2, -0.15) is 5.10 Å². The normalized spacial score (nSPS) is 11.5.